The highest BCUT2D eigenvalue weighted by atomic mass is 35.5. The molecule has 0 bridgehead atoms. The van der Waals surface area contributed by atoms with Crippen molar-refractivity contribution >= 4 is 41.5 Å². The van der Waals surface area contributed by atoms with Gasteiger partial charge >= 0.3 is 0 Å². The van der Waals surface area contributed by atoms with Crippen molar-refractivity contribution in [1.82, 2.24) is 5.32 Å². The van der Waals surface area contributed by atoms with E-state index in [4.69, 9.17) is 28.9 Å². The highest BCUT2D eigenvalue weighted by Gasteiger charge is 2.20. The molecule has 0 aromatic heterocycles. The van der Waals surface area contributed by atoms with Crippen LogP contribution in [0.5, 0.6) is 0 Å². The number of aliphatic hydroxyl groups excluding tert-OH is 1. The number of carbonyl (C=O) groups is 1. The summed E-state index contributed by atoms with van der Waals surface area (Å²) in [5.41, 5.74) is 6.11. The smallest absolute Gasteiger partial charge is 0.237 e. The van der Waals surface area contributed by atoms with Crippen LogP contribution in [0, 0.1) is 5.92 Å². The van der Waals surface area contributed by atoms with Crippen LogP contribution < -0.4 is 11.1 Å². The van der Waals surface area contributed by atoms with E-state index in [0.717, 1.165) is 0 Å². The Balaban J connectivity index is 0.00000361. The lowest BCUT2D eigenvalue weighted by atomic mass is 10.0. The maximum atomic E-state index is 11.7. The van der Waals surface area contributed by atoms with Gasteiger partial charge in [-0.1, -0.05) is 43.1 Å². The van der Waals surface area contributed by atoms with Gasteiger partial charge in [0.05, 0.1) is 12.1 Å². The summed E-state index contributed by atoms with van der Waals surface area (Å²) < 4.78 is 0. The first-order chi connectivity index (χ1) is 8.84. The standard InChI is InChI=1S/C13H18Cl2N2O2.ClH/c1-7(2)12(16)13(19)17-6-10(18)11-8(14)4-3-5-9(11)15;/h3-5,7,10,12,18H,6,16H2,1-2H3,(H,17,19);1H/t10?,12-;/m0./s1. The van der Waals surface area contributed by atoms with Gasteiger partial charge in [0.25, 0.3) is 0 Å². The number of aliphatic hydroxyl groups is 1. The topological polar surface area (TPSA) is 75.4 Å². The highest BCUT2D eigenvalue weighted by molar-refractivity contribution is 6.36. The maximum absolute atomic E-state index is 11.7. The summed E-state index contributed by atoms with van der Waals surface area (Å²) in [6, 6.07) is 4.35. The van der Waals surface area contributed by atoms with Crippen LogP contribution in [0.15, 0.2) is 18.2 Å². The molecule has 0 saturated carbocycles. The van der Waals surface area contributed by atoms with Gasteiger partial charge in [0.1, 0.15) is 0 Å². The van der Waals surface area contributed by atoms with Crippen molar-refractivity contribution in [1.29, 1.82) is 0 Å². The number of carbonyl (C=O) groups excluding carboxylic acids is 1. The molecular weight excluding hydrogens is 323 g/mol. The fraction of sp³-hybridized carbons (Fsp3) is 0.462. The summed E-state index contributed by atoms with van der Waals surface area (Å²) in [6.45, 7) is 3.72. The molecule has 0 aliphatic carbocycles. The van der Waals surface area contributed by atoms with Crippen molar-refractivity contribution in [2.24, 2.45) is 11.7 Å². The van der Waals surface area contributed by atoms with E-state index in [1.165, 1.54) is 0 Å². The molecule has 20 heavy (non-hydrogen) atoms. The molecule has 4 N–H and O–H groups in total. The molecule has 1 rings (SSSR count). The van der Waals surface area contributed by atoms with Gasteiger partial charge in [-0.25, -0.2) is 0 Å². The quantitative estimate of drug-likeness (QED) is 0.770. The van der Waals surface area contributed by atoms with Gasteiger partial charge in [0, 0.05) is 22.2 Å². The largest absolute Gasteiger partial charge is 0.386 e. The summed E-state index contributed by atoms with van der Waals surface area (Å²) in [5, 5.41) is 13.3. The summed E-state index contributed by atoms with van der Waals surface area (Å²) in [7, 11) is 0. The van der Waals surface area contributed by atoms with Gasteiger partial charge in [-0.2, -0.15) is 0 Å². The number of hydrogen-bond donors (Lipinski definition) is 3. The normalized spacial score (nSPS) is 13.6. The molecule has 0 fully saturated rings. The lowest BCUT2D eigenvalue weighted by molar-refractivity contribution is -0.123. The maximum Gasteiger partial charge on any atom is 0.237 e. The number of nitrogens with one attached hydrogen (secondary N) is 1. The predicted molar refractivity (Wildman–Crippen MR) is 84.5 cm³/mol. The number of hydrogen-bond acceptors (Lipinski definition) is 3. The van der Waals surface area contributed by atoms with Gasteiger partial charge in [-0.3, -0.25) is 4.79 Å². The predicted octanol–water partition coefficient (Wildman–Crippen LogP) is 2.55. The number of rotatable bonds is 5. The van der Waals surface area contributed by atoms with Crippen LogP contribution in [0.1, 0.15) is 25.5 Å². The third-order valence-electron chi connectivity index (χ3n) is 2.82. The number of nitrogens with two attached hydrogens (primary N) is 1. The molecule has 1 amide bonds. The van der Waals surface area contributed by atoms with E-state index in [9.17, 15) is 9.90 Å². The third kappa shape index (κ3) is 5.11. The molecule has 4 nitrogen and oxygen atoms in total. The van der Waals surface area contributed by atoms with E-state index in [1.54, 1.807) is 18.2 Å². The van der Waals surface area contributed by atoms with Crippen LogP contribution in [0.2, 0.25) is 10.0 Å². The summed E-state index contributed by atoms with van der Waals surface area (Å²) >= 11 is 11.9. The lowest BCUT2D eigenvalue weighted by Gasteiger charge is -2.18. The van der Waals surface area contributed by atoms with E-state index < -0.39 is 12.1 Å². The van der Waals surface area contributed by atoms with Gasteiger partial charge < -0.3 is 16.2 Å². The van der Waals surface area contributed by atoms with Crippen molar-refractivity contribution < 1.29 is 9.90 Å². The van der Waals surface area contributed by atoms with Crippen molar-refractivity contribution in [2.45, 2.75) is 26.0 Å². The first-order valence-corrected chi connectivity index (χ1v) is 6.75. The third-order valence-corrected chi connectivity index (χ3v) is 3.48. The minimum absolute atomic E-state index is 0. The van der Waals surface area contributed by atoms with Crippen LogP contribution in [0.25, 0.3) is 0 Å². The van der Waals surface area contributed by atoms with Gasteiger partial charge in [-0.05, 0) is 18.1 Å². The van der Waals surface area contributed by atoms with E-state index in [2.05, 4.69) is 5.32 Å². The van der Waals surface area contributed by atoms with Crippen molar-refractivity contribution in [3.05, 3.63) is 33.8 Å². The van der Waals surface area contributed by atoms with Crippen molar-refractivity contribution in [3.8, 4) is 0 Å². The monoisotopic (exact) mass is 340 g/mol. The summed E-state index contributed by atoms with van der Waals surface area (Å²) in [6.07, 6.45) is -0.968. The van der Waals surface area contributed by atoms with E-state index in [-0.39, 0.29) is 30.8 Å². The minimum atomic E-state index is -0.968. The van der Waals surface area contributed by atoms with Crippen molar-refractivity contribution in [2.75, 3.05) is 6.54 Å². The first-order valence-electron chi connectivity index (χ1n) is 5.99. The van der Waals surface area contributed by atoms with Gasteiger partial charge in [-0.15, -0.1) is 12.4 Å². The average Bonchev–Trinajstić information content (AvgIpc) is 2.34. The molecule has 0 aliphatic heterocycles. The summed E-state index contributed by atoms with van der Waals surface area (Å²) in [5.74, 6) is -0.279. The zero-order valence-corrected chi connectivity index (χ0v) is 13.6. The van der Waals surface area contributed by atoms with E-state index in [0.29, 0.717) is 15.6 Å². The molecule has 0 saturated heterocycles. The Bertz CT molecular complexity index is 435. The number of amides is 1. The molecule has 114 valence electrons. The molecule has 7 heteroatoms. The summed E-state index contributed by atoms with van der Waals surface area (Å²) in [4.78, 5) is 11.7. The fourth-order valence-electron chi connectivity index (χ4n) is 1.55. The SMILES string of the molecule is CC(C)[C@H](N)C(=O)NCC(O)c1c(Cl)cccc1Cl.Cl. The Morgan fingerprint density at radius 2 is 1.85 bits per heavy atom. The molecule has 1 unspecified atom stereocenters. The molecule has 0 heterocycles. The Morgan fingerprint density at radius 3 is 2.30 bits per heavy atom. The highest BCUT2D eigenvalue weighted by Crippen LogP contribution is 2.29. The van der Waals surface area contributed by atoms with Crippen LogP contribution in [-0.4, -0.2) is 23.6 Å². The lowest BCUT2D eigenvalue weighted by Crippen LogP contribution is -2.45. The molecule has 1 aromatic rings. The number of halogens is 3. The van der Waals surface area contributed by atoms with E-state index in [1.807, 2.05) is 13.8 Å². The minimum Gasteiger partial charge on any atom is -0.386 e. The second-order valence-electron chi connectivity index (χ2n) is 4.67. The van der Waals surface area contributed by atoms with Crippen LogP contribution in [-0.2, 0) is 4.79 Å². The second kappa shape index (κ2) is 8.70. The van der Waals surface area contributed by atoms with Gasteiger partial charge in [0.2, 0.25) is 5.91 Å². The molecule has 0 radical (unpaired) electrons. The van der Waals surface area contributed by atoms with Crippen molar-refractivity contribution in [3.63, 3.8) is 0 Å². The Labute approximate surface area is 135 Å². The molecule has 0 aliphatic rings. The second-order valence-corrected chi connectivity index (χ2v) is 5.48. The Hall–Kier alpha value is -0.520. The molecular formula is C13H19Cl3N2O2. The zero-order chi connectivity index (χ0) is 14.6. The molecule has 1 aromatic carbocycles. The van der Waals surface area contributed by atoms with Crippen LogP contribution in [0.4, 0.5) is 0 Å². The fourth-order valence-corrected chi connectivity index (χ4v) is 2.20. The molecule has 2 atom stereocenters. The average molecular weight is 342 g/mol. The van der Waals surface area contributed by atoms with Crippen LogP contribution in [0.3, 0.4) is 0 Å². The van der Waals surface area contributed by atoms with Gasteiger partial charge in [0.15, 0.2) is 0 Å². The first kappa shape index (κ1) is 19.5. The zero-order valence-electron chi connectivity index (χ0n) is 11.3. The Kier molecular flexibility index (Phi) is 8.47. The molecule has 0 spiro atoms. The Morgan fingerprint density at radius 1 is 1.35 bits per heavy atom. The van der Waals surface area contributed by atoms with Crippen LogP contribution >= 0.6 is 35.6 Å². The number of benzene rings is 1. The van der Waals surface area contributed by atoms with E-state index >= 15 is 0 Å².